The van der Waals surface area contributed by atoms with E-state index in [1.165, 1.54) is 46.9 Å². The second-order valence-electron chi connectivity index (χ2n) is 8.91. The van der Waals surface area contributed by atoms with Crippen molar-refractivity contribution in [2.75, 3.05) is 20.1 Å². The van der Waals surface area contributed by atoms with Crippen molar-refractivity contribution in [3.8, 4) is 0 Å². The van der Waals surface area contributed by atoms with Gasteiger partial charge in [0, 0.05) is 36.8 Å². The van der Waals surface area contributed by atoms with Gasteiger partial charge >= 0.3 is 0 Å². The summed E-state index contributed by atoms with van der Waals surface area (Å²) in [5.41, 5.74) is 4.27. The highest BCUT2D eigenvalue weighted by atomic mass is 15.4. The number of likely N-dealkylation sites (N-methyl/N-ethyl adjacent to an activating group) is 1. The third-order valence-electron chi connectivity index (χ3n) is 7.25. The van der Waals surface area contributed by atoms with Crippen LogP contribution in [0.4, 0.5) is 0 Å². The van der Waals surface area contributed by atoms with Crippen LogP contribution >= 0.6 is 0 Å². The molecule has 24 heavy (non-hydrogen) atoms. The summed E-state index contributed by atoms with van der Waals surface area (Å²) in [5, 5.41) is 1.45. The van der Waals surface area contributed by atoms with Crippen LogP contribution in [0.1, 0.15) is 43.7 Å². The number of pyridine rings is 1. The first-order chi connectivity index (χ1) is 11.4. The molecular formula is C22H32N2+2. The summed E-state index contributed by atoms with van der Waals surface area (Å²) in [4.78, 5) is 0. The van der Waals surface area contributed by atoms with E-state index in [4.69, 9.17) is 0 Å². The van der Waals surface area contributed by atoms with Gasteiger partial charge in [-0.15, -0.1) is 0 Å². The van der Waals surface area contributed by atoms with Crippen molar-refractivity contribution in [3.05, 3.63) is 41.6 Å². The summed E-state index contributed by atoms with van der Waals surface area (Å²) >= 11 is 0. The zero-order valence-electron chi connectivity index (χ0n) is 15.9. The quantitative estimate of drug-likeness (QED) is 0.582. The average molecular weight is 325 g/mol. The van der Waals surface area contributed by atoms with Crippen molar-refractivity contribution >= 4 is 10.9 Å². The second-order valence-corrected chi connectivity index (χ2v) is 8.91. The standard InChI is InChI=1S/C22H32N2/c1-15-6-7-21-20(12-15)19(8-10-23(21)4)17(3)22-13-18-9-11-24(22,5)14-16(18)2/h6-8,10,12,16-18,22H,9,11,13-14H2,1-5H3/q+2. The van der Waals surface area contributed by atoms with E-state index in [2.05, 4.69) is 69.9 Å². The fourth-order valence-corrected chi connectivity index (χ4v) is 5.76. The molecule has 1 aromatic heterocycles. The number of rotatable bonds is 2. The first kappa shape index (κ1) is 16.1. The lowest BCUT2D eigenvalue weighted by molar-refractivity contribution is -0.954. The van der Waals surface area contributed by atoms with Gasteiger partial charge in [0.2, 0.25) is 5.52 Å². The molecule has 5 rings (SSSR count). The minimum absolute atomic E-state index is 0.621. The molecule has 5 atom stereocenters. The molecule has 0 aliphatic carbocycles. The van der Waals surface area contributed by atoms with Crippen molar-refractivity contribution in [3.63, 3.8) is 0 Å². The largest absolute Gasteiger partial charge is 0.323 e. The molecule has 0 radical (unpaired) electrons. The molecule has 3 aliphatic heterocycles. The molecule has 2 nitrogen and oxygen atoms in total. The van der Waals surface area contributed by atoms with Crippen molar-refractivity contribution in [1.29, 1.82) is 0 Å². The van der Waals surface area contributed by atoms with Gasteiger partial charge in [0.15, 0.2) is 6.20 Å². The molecule has 5 unspecified atom stereocenters. The molecule has 2 heteroatoms. The molecular weight excluding hydrogens is 292 g/mol. The predicted molar refractivity (Wildman–Crippen MR) is 99.9 cm³/mol. The zero-order valence-corrected chi connectivity index (χ0v) is 15.9. The number of hydrogen-bond donors (Lipinski definition) is 0. The van der Waals surface area contributed by atoms with E-state index in [1.54, 1.807) is 5.56 Å². The fraction of sp³-hybridized carbons (Fsp3) is 0.591. The monoisotopic (exact) mass is 324 g/mol. The molecule has 2 aromatic rings. The Labute approximate surface area is 146 Å². The lowest BCUT2D eigenvalue weighted by Crippen LogP contribution is -2.65. The van der Waals surface area contributed by atoms with E-state index in [0.29, 0.717) is 5.92 Å². The van der Waals surface area contributed by atoms with E-state index >= 15 is 0 Å². The molecule has 0 amide bonds. The van der Waals surface area contributed by atoms with Gasteiger partial charge in [0.1, 0.15) is 7.05 Å². The first-order valence-corrected chi connectivity index (χ1v) is 9.62. The van der Waals surface area contributed by atoms with E-state index in [1.807, 2.05) is 0 Å². The van der Waals surface area contributed by atoms with Crippen LogP contribution in [0.25, 0.3) is 10.9 Å². The summed E-state index contributed by atoms with van der Waals surface area (Å²) in [6.07, 6.45) is 5.10. The molecule has 4 heterocycles. The van der Waals surface area contributed by atoms with Crippen molar-refractivity contribution in [1.82, 2.24) is 0 Å². The van der Waals surface area contributed by atoms with Gasteiger partial charge in [0.25, 0.3) is 0 Å². The molecule has 128 valence electrons. The Kier molecular flexibility index (Phi) is 3.72. The number of quaternary nitrogens is 1. The highest BCUT2D eigenvalue weighted by molar-refractivity contribution is 5.80. The molecule has 0 N–H and O–H groups in total. The molecule has 3 fully saturated rings. The van der Waals surface area contributed by atoms with Crippen LogP contribution in [0.3, 0.4) is 0 Å². The van der Waals surface area contributed by atoms with Gasteiger partial charge in [-0.05, 0) is 24.5 Å². The number of benzene rings is 1. The van der Waals surface area contributed by atoms with E-state index in [0.717, 1.165) is 17.9 Å². The third-order valence-corrected chi connectivity index (χ3v) is 7.25. The van der Waals surface area contributed by atoms with Crippen LogP contribution < -0.4 is 4.57 Å². The maximum Gasteiger partial charge on any atom is 0.212 e. The lowest BCUT2D eigenvalue weighted by Gasteiger charge is -2.56. The third kappa shape index (κ3) is 2.38. The van der Waals surface area contributed by atoms with Crippen LogP contribution in [-0.4, -0.2) is 30.7 Å². The maximum atomic E-state index is 2.52. The Hall–Kier alpha value is -1.41. The van der Waals surface area contributed by atoms with Gasteiger partial charge < -0.3 is 4.48 Å². The summed E-state index contributed by atoms with van der Waals surface area (Å²) in [6.45, 7) is 9.92. The van der Waals surface area contributed by atoms with Gasteiger partial charge in [0.05, 0.1) is 31.6 Å². The number of nitrogens with zero attached hydrogens (tertiary/aromatic N) is 2. The van der Waals surface area contributed by atoms with E-state index in [-0.39, 0.29) is 0 Å². The minimum Gasteiger partial charge on any atom is -0.323 e. The number of aryl methyl sites for hydroxylation is 2. The van der Waals surface area contributed by atoms with Gasteiger partial charge in [-0.1, -0.05) is 25.5 Å². The number of fused-ring (bicyclic) bond motifs is 4. The van der Waals surface area contributed by atoms with Gasteiger partial charge in [-0.2, -0.15) is 0 Å². The van der Waals surface area contributed by atoms with Crippen LogP contribution in [0, 0.1) is 18.8 Å². The second kappa shape index (κ2) is 5.56. The van der Waals surface area contributed by atoms with Crippen LogP contribution in [0.2, 0.25) is 0 Å². The topological polar surface area (TPSA) is 3.88 Å². The minimum atomic E-state index is 0.621. The summed E-state index contributed by atoms with van der Waals surface area (Å²) in [5.74, 6) is 2.47. The smallest absolute Gasteiger partial charge is 0.212 e. The highest BCUT2D eigenvalue weighted by Gasteiger charge is 2.50. The molecule has 2 bridgehead atoms. The maximum absolute atomic E-state index is 2.52. The normalized spacial score (nSPS) is 33.8. The Morgan fingerprint density at radius 3 is 2.75 bits per heavy atom. The average Bonchev–Trinajstić information content (AvgIpc) is 2.54. The molecule has 1 aromatic carbocycles. The van der Waals surface area contributed by atoms with Crippen LogP contribution in [0.5, 0.6) is 0 Å². The zero-order chi connectivity index (χ0) is 17.1. The first-order valence-electron chi connectivity index (χ1n) is 9.62. The Bertz CT molecular complexity index is 781. The fourth-order valence-electron chi connectivity index (χ4n) is 5.76. The summed E-state index contributed by atoms with van der Waals surface area (Å²) in [7, 11) is 4.68. The summed E-state index contributed by atoms with van der Waals surface area (Å²) < 4.78 is 3.55. The van der Waals surface area contributed by atoms with Crippen LogP contribution in [-0.2, 0) is 7.05 Å². The number of hydrogen-bond acceptors (Lipinski definition) is 0. The lowest BCUT2D eigenvalue weighted by atomic mass is 9.70. The van der Waals surface area contributed by atoms with Gasteiger partial charge in [-0.25, -0.2) is 4.57 Å². The van der Waals surface area contributed by atoms with E-state index < -0.39 is 0 Å². The molecule has 3 saturated heterocycles. The Balaban J connectivity index is 1.78. The SMILES string of the molecule is Cc1ccc2c(c1)c(C(C)C1CC3CC[N+]1(C)CC3C)cc[n+]2C. The van der Waals surface area contributed by atoms with Gasteiger partial charge in [-0.3, -0.25) is 0 Å². The summed E-state index contributed by atoms with van der Waals surface area (Å²) in [6, 6.07) is 10.1. The number of aromatic nitrogens is 1. The molecule has 3 aliphatic rings. The Morgan fingerprint density at radius 2 is 2.04 bits per heavy atom. The van der Waals surface area contributed by atoms with Crippen molar-refractivity contribution < 1.29 is 9.05 Å². The van der Waals surface area contributed by atoms with Crippen molar-refractivity contribution in [2.24, 2.45) is 18.9 Å². The van der Waals surface area contributed by atoms with Crippen LogP contribution in [0.15, 0.2) is 30.5 Å². The molecule has 0 spiro atoms. The Morgan fingerprint density at radius 1 is 1.25 bits per heavy atom. The van der Waals surface area contributed by atoms with Crippen molar-refractivity contribution in [2.45, 2.75) is 45.6 Å². The number of piperidine rings is 3. The predicted octanol–water partition coefficient (Wildman–Crippen LogP) is 3.95. The van der Waals surface area contributed by atoms with E-state index in [9.17, 15) is 0 Å². The highest BCUT2D eigenvalue weighted by Crippen LogP contribution is 2.45. The molecule has 0 saturated carbocycles.